The number of rotatable bonds is 11. The zero-order valence-electron chi connectivity index (χ0n) is 22.0. The lowest BCUT2D eigenvalue weighted by Crippen LogP contribution is -2.33. The average molecular weight is 551 g/mol. The van der Waals surface area contributed by atoms with Crippen LogP contribution in [0.4, 0.5) is 0 Å². The molecule has 2 fully saturated rings. The standard InChI is InChI=1S/C29H39N3O3.2ClH/c1-31(2)18-26-28(34-20-22-7-8-22)12-10-25-27(30-35-29(25)26)11-9-21-13-15-32(16-14-21)17-23-5-3-4-6-24(23)19-33;;/h3-6,10,12,21-22,33H,7-9,11,13-20H2,1-2H3;2*1H. The van der Waals surface area contributed by atoms with Crippen molar-refractivity contribution in [2.45, 2.75) is 58.2 Å². The van der Waals surface area contributed by atoms with Gasteiger partial charge in [-0.05, 0) is 101 Å². The molecule has 5 rings (SSSR count). The smallest absolute Gasteiger partial charge is 0.175 e. The Bertz CT molecular complexity index is 1120. The van der Waals surface area contributed by atoms with E-state index in [0.717, 1.165) is 85.1 Å². The molecule has 8 heteroatoms. The largest absolute Gasteiger partial charge is 0.493 e. The highest BCUT2D eigenvalue weighted by molar-refractivity contribution is 5.86. The van der Waals surface area contributed by atoms with Crippen molar-refractivity contribution in [3.63, 3.8) is 0 Å². The molecule has 0 radical (unpaired) electrons. The number of benzene rings is 2. The molecule has 1 saturated carbocycles. The molecule has 2 aromatic carbocycles. The molecular formula is C29H41Cl2N3O3. The summed E-state index contributed by atoms with van der Waals surface area (Å²) in [5.74, 6) is 2.38. The number of aliphatic hydroxyl groups excluding tert-OH is 1. The molecule has 3 aromatic rings. The normalized spacial score (nSPS) is 16.5. The number of hydrogen-bond donors (Lipinski definition) is 1. The number of ether oxygens (including phenoxy) is 1. The second-order valence-electron chi connectivity index (χ2n) is 10.7. The quantitative estimate of drug-likeness (QED) is 0.323. The van der Waals surface area contributed by atoms with E-state index in [9.17, 15) is 5.11 Å². The van der Waals surface area contributed by atoms with Gasteiger partial charge in [0, 0.05) is 18.5 Å². The first-order valence-corrected chi connectivity index (χ1v) is 13.2. The minimum Gasteiger partial charge on any atom is -0.493 e. The van der Waals surface area contributed by atoms with Crippen LogP contribution in [0.5, 0.6) is 5.75 Å². The Hall–Kier alpha value is -1.83. The third-order valence-corrected chi connectivity index (χ3v) is 7.60. The summed E-state index contributed by atoms with van der Waals surface area (Å²) in [6.07, 6.45) is 7.09. The molecule has 204 valence electrons. The summed E-state index contributed by atoms with van der Waals surface area (Å²) in [5.41, 5.74) is 5.37. The SMILES string of the molecule is CN(C)Cc1c(OCC2CC2)ccc2c(CCC3CCN(Cc4ccccc4CO)CC3)noc12.Cl.Cl. The number of halogens is 2. The maximum absolute atomic E-state index is 9.61. The fourth-order valence-electron chi connectivity index (χ4n) is 5.25. The molecular weight excluding hydrogens is 509 g/mol. The van der Waals surface area contributed by atoms with Gasteiger partial charge in [-0.3, -0.25) is 4.90 Å². The van der Waals surface area contributed by atoms with Gasteiger partial charge in [0.2, 0.25) is 0 Å². The van der Waals surface area contributed by atoms with Crippen LogP contribution in [0.25, 0.3) is 11.0 Å². The van der Waals surface area contributed by atoms with Gasteiger partial charge in [0.15, 0.2) is 5.58 Å². The van der Waals surface area contributed by atoms with Crippen LogP contribution < -0.4 is 4.74 Å². The molecule has 1 aliphatic heterocycles. The summed E-state index contributed by atoms with van der Waals surface area (Å²) in [6, 6.07) is 12.5. The van der Waals surface area contributed by atoms with Crippen molar-refractivity contribution in [1.82, 2.24) is 15.0 Å². The highest BCUT2D eigenvalue weighted by Crippen LogP contribution is 2.35. The van der Waals surface area contributed by atoms with Gasteiger partial charge in [0.1, 0.15) is 5.75 Å². The van der Waals surface area contributed by atoms with Gasteiger partial charge in [-0.15, -0.1) is 24.8 Å². The lowest BCUT2D eigenvalue weighted by molar-refractivity contribution is 0.170. The fourth-order valence-corrected chi connectivity index (χ4v) is 5.25. The van der Waals surface area contributed by atoms with Gasteiger partial charge >= 0.3 is 0 Å². The zero-order chi connectivity index (χ0) is 24.2. The first kappa shape index (κ1) is 29.7. The number of fused-ring (bicyclic) bond motifs is 1. The number of aryl methyl sites for hydroxylation is 1. The van der Waals surface area contributed by atoms with E-state index in [1.807, 2.05) is 12.1 Å². The molecule has 1 N–H and O–H groups in total. The van der Waals surface area contributed by atoms with Gasteiger partial charge < -0.3 is 19.3 Å². The summed E-state index contributed by atoms with van der Waals surface area (Å²) in [4.78, 5) is 4.68. The molecule has 1 aliphatic carbocycles. The van der Waals surface area contributed by atoms with Crippen LogP contribution in [0, 0.1) is 11.8 Å². The summed E-state index contributed by atoms with van der Waals surface area (Å²) >= 11 is 0. The Morgan fingerprint density at radius 2 is 1.73 bits per heavy atom. The Labute approximate surface area is 233 Å². The highest BCUT2D eigenvalue weighted by atomic mass is 35.5. The minimum atomic E-state index is 0. The van der Waals surface area contributed by atoms with E-state index in [1.165, 1.54) is 31.2 Å². The second kappa shape index (κ2) is 13.8. The van der Waals surface area contributed by atoms with Crippen LogP contribution in [-0.4, -0.2) is 53.9 Å². The van der Waals surface area contributed by atoms with Crippen molar-refractivity contribution in [2.24, 2.45) is 11.8 Å². The van der Waals surface area contributed by atoms with Crippen molar-refractivity contribution in [2.75, 3.05) is 33.8 Å². The molecule has 0 atom stereocenters. The Kier molecular flexibility index (Phi) is 11.1. The van der Waals surface area contributed by atoms with Crippen molar-refractivity contribution >= 4 is 35.8 Å². The molecule has 0 bridgehead atoms. The highest BCUT2D eigenvalue weighted by Gasteiger charge is 2.25. The van der Waals surface area contributed by atoms with Crippen LogP contribution in [0.3, 0.4) is 0 Å². The van der Waals surface area contributed by atoms with Crippen LogP contribution >= 0.6 is 24.8 Å². The molecule has 37 heavy (non-hydrogen) atoms. The third-order valence-electron chi connectivity index (χ3n) is 7.60. The van der Waals surface area contributed by atoms with Crippen molar-refractivity contribution < 1.29 is 14.4 Å². The van der Waals surface area contributed by atoms with Crippen molar-refractivity contribution in [1.29, 1.82) is 0 Å². The number of nitrogens with zero attached hydrogens (tertiary/aromatic N) is 3. The van der Waals surface area contributed by atoms with Gasteiger partial charge in [0.25, 0.3) is 0 Å². The van der Waals surface area contributed by atoms with Crippen LogP contribution in [0.2, 0.25) is 0 Å². The fraction of sp³-hybridized carbons (Fsp3) is 0.552. The number of likely N-dealkylation sites (tertiary alicyclic amines) is 1. The predicted octanol–water partition coefficient (Wildman–Crippen LogP) is 5.86. The van der Waals surface area contributed by atoms with Crippen LogP contribution in [0.15, 0.2) is 40.9 Å². The van der Waals surface area contributed by atoms with Gasteiger partial charge in [0.05, 0.1) is 24.5 Å². The Balaban J connectivity index is 0.00000190. The monoisotopic (exact) mass is 549 g/mol. The number of hydrogen-bond acceptors (Lipinski definition) is 6. The maximum Gasteiger partial charge on any atom is 0.175 e. The molecule has 2 heterocycles. The number of aromatic nitrogens is 1. The van der Waals surface area contributed by atoms with E-state index in [4.69, 9.17) is 9.26 Å². The first-order chi connectivity index (χ1) is 17.1. The van der Waals surface area contributed by atoms with Crippen LogP contribution in [-0.2, 0) is 26.1 Å². The lowest BCUT2D eigenvalue weighted by atomic mass is 9.90. The molecule has 1 saturated heterocycles. The molecule has 6 nitrogen and oxygen atoms in total. The molecule has 2 aliphatic rings. The second-order valence-corrected chi connectivity index (χ2v) is 10.7. The molecule has 0 spiro atoms. The Morgan fingerprint density at radius 1 is 1.00 bits per heavy atom. The summed E-state index contributed by atoms with van der Waals surface area (Å²) in [5, 5.41) is 15.3. The zero-order valence-corrected chi connectivity index (χ0v) is 23.7. The molecule has 1 aromatic heterocycles. The first-order valence-electron chi connectivity index (χ1n) is 13.2. The Morgan fingerprint density at radius 3 is 2.41 bits per heavy atom. The van der Waals surface area contributed by atoms with Gasteiger partial charge in [-0.1, -0.05) is 29.4 Å². The molecule has 0 unspecified atom stereocenters. The topological polar surface area (TPSA) is 62.0 Å². The van der Waals surface area contributed by atoms with E-state index in [0.29, 0.717) is 5.92 Å². The number of piperidine rings is 1. The van der Waals surface area contributed by atoms with E-state index in [2.05, 4.69) is 53.3 Å². The van der Waals surface area contributed by atoms with Crippen molar-refractivity contribution in [3.8, 4) is 5.75 Å². The predicted molar refractivity (Wildman–Crippen MR) is 153 cm³/mol. The van der Waals surface area contributed by atoms with E-state index < -0.39 is 0 Å². The van der Waals surface area contributed by atoms with Gasteiger partial charge in [-0.25, -0.2) is 0 Å². The molecule has 0 amide bonds. The van der Waals surface area contributed by atoms with Crippen molar-refractivity contribution in [3.05, 3.63) is 58.8 Å². The van der Waals surface area contributed by atoms with E-state index >= 15 is 0 Å². The maximum atomic E-state index is 9.61. The van der Waals surface area contributed by atoms with Crippen LogP contribution in [0.1, 0.15) is 54.5 Å². The minimum absolute atomic E-state index is 0. The lowest BCUT2D eigenvalue weighted by Gasteiger charge is -2.32. The third kappa shape index (κ3) is 7.61. The summed E-state index contributed by atoms with van der Waals surface area (Å²) in [6.45, 7) is 4.85. The van der Waals surface area contributed by atoms with Gasteiger partial charge in [-0.2, -0.15) is 0 Å². The number of aliphatic hydroxyl groups is 1. The van der Waals surface area contributed by atoms with E-state index in [-0.39, 0.29) is 31.4 Å². The average Bonchev–Trinajstić information content (AvgIpc) is 3.61. The van der Waals surface area contributed by atoms with E-state index in [1.54, 1.807) is 0 Å². The summed E-state index contributed by atoms with van der Waals surface area (Å²) < 4.78 is 12.1. The summed E-state index contributed by atoms with van der Waals surface area (Å²) in [7, 11) is 4.16.